The van der Waals surface area contributed by atoms with Gasteiger partial charge in [-0.25, -0.2) is 0 Å². The lowest BCUT2D eigenvalue weighted by Gasteiger charge is -2.24. The maximum absolute atomic E-state index is 12.0. The Hall–Kier alpha value is -3.60. The van der Waals surface area contributed by atoms with E-state index in [1.165, 1.54) is 13.8 Å². The van der Waals surface area contributed by atoms with E-state index in [0.29, 0.717) is 24.3 Å². The first-order valence-corrected chi connectivity index (χ1v) is 9.08. The van der Waals surface area contributed by atoms with Gasteiger partial charge in [-0.05, 0) is 30.7 Å². The van der Waals surface area contributed by atoms with Gasteiger partial charge < -0.3 is 19.4 Å². The number of benzene rings is 1. The number of H-pyrrole nitrogens is 1. The van der Waals surface area contributed by atoms with Crippen LogP contribution in [0.5, 0.6) is 0 Å². The van der Waals surface area contributed by atoms with Crippen molar-refractivity contribution in [3.8, 4) is 17.2 Å². The van der Waals surface area contributed by atoms with Crippen molar-refractivity contribution in [1.29, 1.82) is 5.26 Å². The van der Waals surface area contributed by atoms with Crippen LogP contribution in [0.2, 0.25) is 0 Å². The molecule has 0 saturated heterocycles. The van der Waals surface area contributed by atoms with Gasteiger partial charge in [0.05, 0.1) is 13.1 Å². The number of carbonyl (C=O) groups excluding carboxylic acids is 2. The Balaban J connectivity index is 2.25. The molecule has 1 aromatic carbocycles. The zero-order valence-electron chi connectivity index (χ0n) is 16.7. The molecule has 0 amide bonds. The van der Waals surface area contributed by atoms with E-state index in [1.807, 2.05) is 35.2 Å². The molecule has 0 aliphatic heterocycles. The van der Waals surface area contributed by atoms with Crippen molar-refractivity contribution in [2.24, 2.45) is 0 Å². The lowest BCUT2D eigenvalue weighted by atomic mass is 10.0. The van der Waals surface area contributed by atoms with Crippen molar-refractivity contribution in [3.63, 3.8) is 0 Å². The molecule has 0 saturated carbocycles. The van der Waals surface area contributed by atoms with E-state index in [0.717, 1.165) is 11.3 Å². The number of ether oxygens (including phenoxy) is 2. The monoisotopic (exact) mass is 397 g/mol. The average Bonchev–Trinajstić information content (AvgIpc) is 2.66. The Morgan fingerprint density at radius 2 is 1.62 bits per heavy atom. The summed E-state index contributed by atoms with van der Waals surface area (Å²) in [5.41, 5.74) is 2.43. The minimum atomic E-state index is -0.420. The highest BCUT2D eigenvalue weighted by atomic mass is 16.5. The number of aryl methyl sites for hydroxylation is 1. The van der Waals surface area contributed by atoms with Gasteiger partial charge in [0, 0.05) is 30.8 Å². The predicted octanol–water partition coefficient (Wildman–Crippen LogP) is 2.15. The lowest BCUT2D eigenvalue weighted by Crippen LogP contribution is -2.31. The van der Waals surface area contributed by atoms with Crippen LogP contribution in [0.25, 0.3) is 11.1 Å². The van der Waals surface area contributed by atoms with Crippen LogP contribution in [-0.4, -0.2) is 43.2 Å². The molecule has 0 aliphatic rings. The highest BCUT2D eigenvalue weighted by molar-refractivity contribution is 5.72. The summed E-state index contributed by atoms with van der Waals surface area (Å²) in [6.07, 6.45) is 0. The van der Waals surface area contributed by atoms with E-state index in [1.54, 1.807) is 13.0 Å². The number of aromatic nitrogens is 1. The van der Waals surface area contributed by atoms with Gasteiger partial charge >= 0.3 is 11.9 Å². The van der Waals surface area contributed by atoms with Gasteiger partial charge in [0.15, 0.2) is 0 Å². The summed E-state index contributed by atoms with van der Waals surface area (Å²) in [7, 11) is 0. The molecule has 152 valence electrons. The molecule has 8 heteroatoms. The van der Waals surface area contributed by atoms with E-state index in [4.69, 9.17) is 9.47 Å². The Morgan fingerprint density at radius 3 is 2.10 bits per heavy atom. The number of nitriles is 1. The predicted molar refractivity (Wildman–Crippen MR) is 107 cm³/mol. The molecule has 1 N–H and O–H groups in total. The summed E-state index contributed by atoms with van der Waals surface area (Å²) < 4.78 is 10.0. The third-order valence-electron chi connectivity index (χ3n) is 4.16. The average molecular weight is 397 g/mol. The van der Waals surface area contributed by atoms with Crippen molar-refractivity contribution in [2.75, 3.05) is 31.2 Å². The second-order valence-electron chi connectivity index (χ2n) is 6.40. The second kappa shape index (κ2) is 10.1. The smallest absolute Gasteiger partial charge is 0.302 e. The van der Waals surface area contributed by atoms with Crippen molar-refractivity contribution in [3.05, 3.63) is 51.9 Å². The minimum Gasteiger partial charge on any atom is -0.464 e. The van der Waals surface area contributed by atoms with Gasteiger partial charge in [0.1, 0.15) is 24.8 Å². The molecule has 0 fully saturated rings. The maximum atomic E-state index is 12.0. The number of hydrogen-bond acceptors (Lipinski definition) is 7. The summed E-state index contributed by atoms with van der Waals surface area (Å²) in [5, 5.41) is 9.32. The van der Waals surface area contributed by atoms with Gasteiger partial charge in [-0.15, -0.1) is 0 Å². The number of carbonyl (C=O) groups is 2. The fraction of sp³-hybridized carbons (Fsp3) is 0.333. The third kappa shape index (κ3) is 6.21. The molecule has 0 atom stereocenters. The molecule has 1 heterocycles. The van der Waals surface area contributed by atoms with Gasteiger partial charge in [-0.1, -0.05) is 12.1 Å². The first kappa shape index (κ1) is 21.7. The van der Waals surface area contributed by atoms with Crippen molar-refractivity contribution >= 4 is 17.6 Å². The van der Waals surface area contributed by atoms with Gasteiger partial charge in [0.25, 0.3) is 5.56 Å². The number of nitrogens with zero attached hydrogens (tertiary/aromatic N) is 2. The van der Waals surface area contributed by atoms with Crippen molar-refractivity contribution in [2.45, 2.75) is 20.8 Å². The van der Waals surface area contributed by atoms with Gasteiger partial charge in [0.2, 0.25) is 0 Å². The number of hydrogen-bond donors (Lipinski definition) is 1. The Morgan fingerprint density at radius 1 is 1.07 bits per heavy atom. The minimum absolute atomic E-state index is 0.0601. The zero-order chi connectivity index (χ0) is 21.4. The Kier molecular flexibility index (Phi) is 7.54. The molecule has 0 radical (unpaired) electrons. The van der Waals surface area contributed by atoms with Crippen LogP contribution in [0.15, 0.2) is 35.1 Å². The topological polar surface area (TPSA) is 112 Å². The molecule has 0 unspecified atom stereocenters. The van der Waals surface area contributed by atoms with E-state index in [-0.39, 0.29) is 30.7 Å². The Bertz CT molecular complexity index is 953. The summed E-state index contributed by atoms with van der Waals surface area (Å²) in [5.74, 6) is -0.733. The van der Waals surface area contributed by atoms with E-state index in [9.17, 15) is 19.6 Å². The molecule has 29 heavy (non-hydrogen) atoms. The molecule has 2 rings (SSSR count). The highest BCUT2D eigenvalue weighted by Crippen LogP contribution is 2.25. The Labute approximate surface area is 168 Å². The fourth-order valence-electron chi connectivity index (χ4n) is 2.85. The van der Waals surface area contributed by atoms with E-state index in [2.05, 4.69) is 4.98 Å². The maximum Gasteiger partial charge on any atom is 0.302 e. The largest absolute Gasteiger partial charge is 0.464 e. The summed E-state index contributed by atoms with van der Waals surface area (Å²) >= 11 is 0. The third-order valence-corrected chi connectivity index (χ3v) is 4.16. The van der Waals surface area contributed by atoms with E-state index >= 15 is 0 Å². The first-order valence-electron chi connectivity index (χ1n) is 9.08. The number of rotatable bonds is 8. The number of pyridine rings is 1. The van der Waals surface area contributed by atoms with Crippen molar-refractivity contribution < 1.29 is 19.1 Å². The molecule has 1 aromatic heterocycles. The van der Waals surface area contributed by atoms with Crippen molar-refractivity contribution in [1.82, 2.24) is 4.98 Å². The first-order chi connectivity index (χ1) is 13.8. The lowest BCUT2D eigenvalue weighted by molar-refractivity contribution is -0.141. The zero-order valence-corrected chi connectivity index (χ0v) is 16.7. The van der Waals surface area contributed by atoms with Crippen LogP contribution in [-0.2, 0) is 19.1 Å². The fourth-order valence-corrected chi connectivity index (χ4v) is 2.85. The number of esters is 2. The molecule has 0 bridgehead atoms. The van der Waals surface area contributed by atoms with Crippen LogP contribution in [0.1, 0.15) is 25.1 Å². The number of anilines is 1. The SMILES string of the molecule is CC(=O)OCCN(CCOC(C)=O)c1ccc(-c2cc(C)[nH]c(=O)c2C#N)cc1. The quantitative estimate of drug-likeness (QED) is 0.679. The summed E-state index contributed by atoms with van der Waals surface area (Å²) in [6.45, 7) is 5.68. The van der Waals surface area contributed by atoms with Crippen LogP contribution in [0, 0.1) is 18.3 Å². The number of nitrogens with one attached hydrogen (secondary N) is 1. The molecular formula is C21H23N3O5. The summed E-state index contributed by atoms with van der Waals surface area (Å²) in [6, 6.07) is 11.0. The molecule has 0 aliphatic carbocycles. The van der Waals surface area contributed by atoms with Gasteiger partial charge in [-0.2, -0.15) is 5.26 Å². The second-order valence-corrected chi connectivity index (χ2v) is 6.40. The summed E-state index contributed by atoms with van der Waals surface area (Å²) in [4.78, 5) is 38.6. The van der Waals surface area contributed by atoms with Gasteiger partial charge in [-0.3, -0.25) is 14.4 Å². The normalized spacial score (nSPS) is 10.1. The van der Waals surface area contributed by atoms with Crippen LogP contribution < -0.4 is 10.5 Å². The van der Waals surface area contributed by atoms with E-state index < -0.39 is 5.56 Å². The van der Waals surface area contributed by atoms with Crippen LogP contribution in [0.4, 0.5) is 5.69 Å². The molecule has 0 spiro atoms. The standard InChI is InChI=1S/C21H23N3O5/c1-14-12-19(20(13-22)21(27)23-14)17-4-6-18(7-5-17)24(8-10-28-15(2)25)9-11-29-16(3)26/h4-7,12H,8-11H2,1-3H3,(H,23,27). The highest BCUT2D eigenvalue weighted by Gasteiger charge is 2.12. The van der Waals surface area contributed by atoms with Crippen LogP contribution in [0.3, 0.4) is 0 Å². The molecular weight excluding hydrogens is 374 g/mol. The molecule has 8 nitrogen and oxygen atoms in total. The number of aromatic amines is 1. The molecule has 2 aromatic rings. The van der Waals surface area contributed by atoms with Crippen LogP contribution >= 0.6 is 0 Å².